The van der Waals surface area contributed by atoms with Crippen LogP contribution < -0.4 is 26.6 Å². The number of nitrogens with zero attached hydrogens (tertiary/aromatic N) is 1. The van der Waals surface area contributed by atoms with Gasteiger partial charge in [-0.2, -0.15) is 13.2 Å². The molecule has 2 aromatic carbocycles. The number of carbonyl (C=O) groups is 2. The Morgan fingerprint density at radius 3 is 2.39 bits per heavy atom. The van der Waals surface area contributed by atoms with E-state index in [9.17, 15) is 32.3 Å². The molecule has 1 aliphatic heterocycles. The Labute approximate surface area is 182 Å². The molecule has 1 aromatic heterocycles. The van der Waals surface area contributed by atoms with Crippen molar-refractivity contribution in [2.75, 3.05) is 12.4 Å². The van der Waals surface area contributed by atoms with Crippen LogP contribution >= 0.6 is 0 Å². The fraction of sp³-hybridized carbons (Fsp3) is 0.143. The maximum Gasteiger partial charge on any atom is 0.425 e. The first-order valence-corrected chi connectivity index (χ1v) is 9.40. The van der Waals surface area contributed by atoms with Gasteiger partial charge in [-0.25, -0.2) is 9.36 Å². The van der Waals surface area contributed by atoms with Gasteiger partial charge in [0.1, 0.15) is 17.1 Å². The van der Waals surface area contributed by atoms with Gasteiger partial charge in [0.2, 0.25) is 0 Å². The lowest BCUT2D eigenvalue weighted by atomic mass is 9.91. The lowest BCUT2D eigenvalue weighted by Gasteiger charge is -2.30. The van der Waals surface area contributed by atoms with Gasteiger partial charge in [-0.15, -0.1) is 0 Å². The molecule has 0 bridgehead atoms. The van der Waals surface area contributed by atoms with Gasteiger partial charge in [-0.05, 0) is 30.3 Å². The molecule has 0 unspecified atom stereocenters. The SMILES string of the molecule is COc1cccc(C(=O)N[C@@]2(C(F)(F)F)C(=O)Nc3c2c(=O)[nH]c(=O)n3-c2ccccc2)c1. The summed E-state index contributed by atoms with van der Waals surface area (Å²) in [5.74, 6) is -3.52. The number of hydrogen-bond acceptors (Lipinski definition) is 5. The van der Waals surface area contributed by atoms with Crippen LogP contribution in [0.5, 0.6) is 5.75 Å². The highest BCUT2D eigenvalue weighted by Gasteiger charge is 2.68. The minimum atomic E-state index is -5.44. The number of H-pyrrole nitrogens is 1. The van der Waals surface area contributed by atoms with Crippen molar-refractivity contribution in [2.24, 2.45) is 0 Å². The number of para-hydroxylation sites is 1. The topological polar surface area (TPSA) is 122 Å². The van der Waals surface area contributed by atoms with Crippen molar-refractivity contribution in [2.45, 2.75) is 11.7 Å². The first-order chi connectivity index (χ1) is 15.6. The van der Waals surface area contributed by atoms with Gasteiger partial charge in [0.15, 0.2) is 0 Å². The van der Waals surface area contributed by atoms with Crippen LogP contribution in [0.1, 0.15) is 15.9 Å². The molecule has 2 amide bonds. The number of benzene rings is 2. The van der Waals surface area contributed by atoms with Crippen LogP contribution in [-0.2, 0) is 10.3 Å². The van der Waals surface area contributed by atoms with Crippen LogP contribution in [0.4, 0.5) is 19.0 Å². The number of methoxy groups -OCH3 is 1. The molecule has 3 N–H and O–H groups in total. The molecule has 33 heavy (non-hydrogen) atoms. The highest BCUT2D eigenvalue weighted by Crippen LogP contribution is 2.45. The molecule has 9 nitrogen and oxygen atoms in total. The van der Waals surface area contributed by atoms with Crippen molar-refractivity contribution in [3.05, 3.63) is 86.6 Å². The Hall–Kier alpha value is -4.35. The minimum Gasteiger partial charge on any atom is -0.497 e. The predicted molar refractivity (Wildman–Crippen MR) is 109 cm³/mol. The molecule has 0 radical (unpaired) electrons. The zero-order chi connectivity index (χ0) is 24.0. The Morgan fingerprint density at radius 2 is 1.76 bits per heavy atom. The average Bonchev–Trinajstić information content (AvgIpc) is 3.07. The van der Waals surface area contributed by atoms with Gasteiger partial charge in [0.25, 0.3) is 22.9 Å². The van der Waals surface area contributed by atoms with Crippen molar-refractivity contribution in [3.8, 4) is 11.4 Å². The summed E-state index contributed by atoms with van der Waals surface area (Å²) in [5.41, 5.74) is -7.59. The fourth-order valence-electron chi connectivity index (χ4n) is 3.61. The second kappa shape index (κ2) is 7.65. The lowest BCUT2D eigenvalue weighted by Crippen LogP contribution is -2.62. The first kappa shape index (κ1) is 21.9. The van der Waals surface area contributed by atoms with E-state index in [-0.39, 0.29) is 17.0 Å². The second-order valence-electron chi connectivity index (χ2n) is 7.04. The number of halogens is 3. The molecule has 12 heteroatoms. The number of anilines is 1. The molecular weight excluding hydrogens is 445 g/mol. The van der Waals surface area contributed by atoms with E-state index in [1.807, 2.05) is 5.32 Å². The summed E-state index contributed by atoms with van der Waals surface area (Å²) in [4.78, 5) is 52.4. The number of fused-ring (bicyclic) bond motifs is 1. The molecule has 3 aromatic rings. The van der Waals surface area contributed by atoms with E-state index in [4.69, 9.17) is 4.74 Å². The minimum absolute atomic E-state index is 0.0902. The van der Waals surface area contributed by atoms with Gasteiger partial charge >= 0.3 is 11.9 Å². The molecule has 1 aliphatic rings. The number of ether oxygens (including phenoxy) is 1. The number of hydrogen-bond donors (Lipinski definition) is 3. The Bertz CT molecular complexity index is 1380. The van der Waals surface area contributed by atoms with E-state index in [0.717, 1.165) is 4.57 Å². The molecular formula is C21H15F3N4O5. The number of amides is 2. The van der Waals surface area contributed by atoms with E-state index < -0.39 is 46.2 Å². The number of alkyl halides is 3. The van der Waals surface area contributed by atoms with E-state index in [0.29, 0.717) is 0 Å². The Morgan fingerprint density at radius 1 is 1.06 bits per heavy atom. The molecule has 2 heterocycles. The van der Waals surface area contributed by atoms with Crippen molar-refractivity contribution >= 4 is 17.6 Å². The normalized spacial score (nSPS) is 17.3. The van der Waals surface area contributed by atoms with E-state index in [2.05, 4.69) is 0 Å². The van der Waals surface area contributed by atoms with Crippen LogP contribution in [0.15, 0.2) is 64.2 Å². The molecule has 0 spiro atoms. The largest absolute Gasteiger partial charge is 0.497 e. The highest BCUT2D eigenvalue weighted by atomic mass is 19.4. The molecule has 0 saturated heterocycles. The third-order valence-corrected chi connectivity index (χ3v) is 5.13. The fourth-order valence-corrected chi connectivity index (χ4v) is 3.61. The van der Waals surface area contributed by atoms with E-state index in [1.54, 1.807) is 16.4 Å². The number of aromatic nitrogens is 2. The summed E-state index contributed by atoms with van der Waals surface area (Å²) >= 11 is 0. The zero-order valence-electron chi connectivity index (χ0n) is 16.8. The van der Waals surface area contributed by atoms with Gasteiger partial charge in [0.05, 0.1) is 12.8 Å². The Balaban J connectivity index is 1.95. The molecule has 0 saturated carbocycles. The smallest absolute Gasteiger partial charge is 0.425 e. The summed E-state index contributed by atoms with van der Waals surface area (Å²) in [6, 6.07) is 12.6. The Kier molecular flexibility index (Phi) is 5.07. The maximum atomic E-state index is 14.4. The van der Waals surface area contributed by atoms with Crippen LogP contribution in [-0.4, -0.2) is 34.7 Å². The molecule has 170 valence electrons. The number of rotatable bonds is 4. The molecule has 0 fully saturated rings. The van der Waals surface area contributed by atoms with Crippen molar-refractivity contribution in [1.82, 2.24) is 14.9 Å². The predicted octanol–water partition coefficient (Wildman–Crippen LogP) is 1.67. The van der Waals surface area contributed by atoms with Crippen LogP contribution in [0.25, 0.3) is 5.69 Å². The third kappa shape index (κ3) is 3.35. The van der Waals surface area contributed by atoms with Crippen molar-refractivity contribution < 1.29 is 27.5 Å². The van der Waals surface area contributed by atoms with Crippen LogP contribution in [0, 0.1) is 0 Å². The quantitative estimate of drug-likeness (QED) is 0.547. The van der Waals surface area contributed by atoms with Crippen molar-refractivity contribution in [3.63, 3.8) is 0 Å². The third-order valence-electron chi connectivity index (χ3n) is 5.13. The van der Waals surface area contributed by atoms with Gasteiger partial charge in [-0.1, -0.05) is 24.3 Å². The first-order valence-electron chi connectivity index (χ1n) is 9.40. The van der Waals surface area contributed by atoms with Gasteiger partial charge in [0, 0.05) is 5.56 Å². The summed E-state index contributed by atoms with van der Waals surface area (Å²) in [5, 5.41) is 3.65. The maximum absolute atomic E-state index is 14.4. The second-order valence-corrected chi connectivity index (χ2v) is 7.04. The number of aromatic amines is 1. The summed E-state index contributed by atoms with van der Waals surface area (Å²) in [6.45, 7) is 0. The zero-order valence-corrected chi connectivity index (χ0v) is 16.8. The van der Waals surface area contributed by atoms with E-state index in [1.165, 1.54) is 55.6 Å². The lowest BCUT2D eigenvalue weighted by molar-refractivity contribution is -0.196. The van der Waals surface area contributed by atoms with Gasteiger partial charge < -0.3 is 15.4 Å². The molecule has 1 atom stereocenters. The summed E-state index contributed by atoms with van der Waals surface area (Å²) < 4.78 is 49.0. The van der Waals surface area contributed by atoms with E-state index >= 15 is 0 Å². The molecule has 4 rings (SSSR count). The van der Waals surface area contributed by atoms with Gasteiger partial charge in [-0.3, -0.25) is 19.4 Å². The van der Waals surface area contributed by atoms with Crippen LogP contribution in [0.3, 0.4) is 0 Å². The standard InChI is InChI=1S/C21H15F3N4O5/c1-33-13-9-5-6-11(10-13)16(29)27-20(21(22,23)24)14-15(25-18(20)31)28(19(32)26-17(14)30)12-7-3-2-4-8-12/h2-10H,1H3,(H,25,31)(H,27,29)(H,26,30,32)/t20-/m1/s1. The van der Waals surface area contributed by atoms with Crippen LogP contribution in [0.2, 0.25) is 0 Å². The molecule has 0 aliphatic carbocycles. The highest BCUT2D eigenvalue weighted by molar-refractivity contribution is 6.09. The summed E-state index contributed by atoms with van der Waals surface area (Å²) in [7, 11) is 1.30. The summed E-state index contributed by atoms with van der Waals surface area (Å²) in [6.07, 6.45) is -5.44. The monoisotopic (exact) mass is 460 g/mol. The van der Waals surface area contributed by atoms with Crippen molar-refractivity contribution in [1.29, 1.82) is 0 Å². The number of carbonyl (C=O) groups excluding carboxylic acids is 2. The average molecular weight is 460 g/mol. The number of nitrogens with one attached hydrogen (secondary N) is 3.